The van der Waals surface area contributed by atoms with Crippen LogP contribution in [0.4, 0.5) is 0 Å². The minimum Gasteiger partial charge on any atom is -0.461 e. The Labute approximate surface area is 64.3 Å². The highest BCUT2D eigenvalue weighted by Gasteiger charge is 2.46. The predicted molar refractivity (Wildman–Crippen MR) is 39.9 cm³/mol. The average Bonchev–Trinajstić information content (AvgIpc) is 2.44. The number of ether oxygens (including phenoxy) is 1. The van der Waals surface area contributed by atoms with Crippen LogP contribution in [0.25, 0.3) is 0 Å². The van der Waals surface area contributed by atoms with Crippen LogP contribution in [0.15, 0.2) is 0 Å². The van der Waals surface area contributed by atoms with E-state index in [9.17, 15) is 4.79 Å². The lowest BCUT2D eigenvalue weighted by molar-refractivity contribution is -0.147. The van der Waals surface area contributed by atoms with Gasteiger partial charge in [0.1, 0.15) is 6.10 Å². The summed E-state index contributed by atoms with van der Waals surface area (Å²) in [6.45, 7) is 0. The third-order valence-corrected chi connectivity index (χ3v) is 3.45. The molecule has 2 rings (SSSR count). The molecule has 0 radical (unpaired) electrons. The molecule has 2 nitrogen and oxygen atoms in total. The van der Waals surface area contributed by atoms with Crippen molar-refractivity contribution in [2.45, 2.75) is 24.2 Å². The van der Waals surface area contributed by atoms with E-state index in [-0.39, 0.29) is 18.0 Å². The Morgan fingerprint density at radius 1 is 1.60 bits per heavy atom. The number of esters is 1. The Morgan fingerprint density at radius 2 is 2.40 bits per heavy atom. The minimum atomic E-state index is 0.0373. The molecule has 0 amide bonds. The molecule has 10 heavy (non-hydrogen) atoms. The van der Waals surface area contributed by atoms with E-state index >= 15 is 0 Å². The molecule has 1 saturated carbocycles. The summed E-state index contributed by atoms with van der Waals surface area (Å²) >= 11 is 1.82. The van der Waals surface area contributed by atoms with Crippen molar-refractivity contribution >= 4 is 17.7 Å². The van der Waals surface area contributed by atoms with Gasteiger partial charge in [0.25, 0.3) is 0 Å². The highest BCUT2D eigenvalue weighted by atomic mass is 32.2. The first-order chi connectivity index (χ1) is 4.81. The van der Waals surface area contributed by atoms with Crippen molar-refractivity contribution in [2.24, 2.45) is 5.92 Å². The number of rotatable bonds is 1. The smallest absolute Gasteiger partial charge is 0.309 e. The second kappa shape index (κ2) is 2.16. The van der Waals surface area contributed by atoms with Gasteiger partial charge >= 0.3 is 5.97 Å². The quantitative estimate of drug-likeness (QED) is 0.534. The second-order valence-corrected chi connectivity index (χ2v) is 3.99. The van der Waals surface area contributed by atoms with E-state index < -0.39 is 0 Å². The zero-order chi connectivity index (χ0) is 7.14. The highest BCUT2D eigenvalue weighted by molar-refractivity contribution is 7.99. The molecule has 0 aromatic rings. The Hall–Kier alpha value is -0.180. The number of thioether (sulfide) groups is 1. The fourth-order valence-electron chi connectivity index (χ4n) is 1.77. The highest BCUT2D eigenvalue weighted by Crippen LogP contribution is 2.41. The van der Waals surface area contributed by atoms with Gasteiger partial charge in [0.2, 0.25) is 0 Å². The van der Waals surface area contributed by atoms with Crippen molar-refractivity contribution in [2.75, 3.05) is 6.26 Å². The van der Waals surface area contributed by atoms with Gasteiger partial charge in [0, 0.05) is 5.25 Å². The largest absolute Gasteiger partial charge is 0.461 e. The van der Waals surface area contributed by atoms with Crippen LogP contribution >= 0.6 is 11.8 Å². The average molecular weight is 158 g/mol. The monoisotopic (exact) mass is 158 g/mol. The molecule has 0 spiro atoms. The Bertz CT molecular complexity index is 169. The van der Waals surface area contributed by atoms with Gasteiger partial charge < -0.3 is 4.74 Å². The molecule has 2 aliphatic rings. The molecule has 56 valence electrons. The summed E-state index contributed by atoms with van der Waals surface area (Å²) in [6, 6.07) is 0. The zero-order valence-electron chi connectivity index (χ0n) is 5.87. The maximum Gasteiger partial charge on any atom is 0.309 e. The normalized spacial score (nSPS) is 44.1. The van der Waals surface area contributed by atoms with E-state index in [0.29, 0.717) is 5.25 Å². The molecule has 1 saturated heterocycles. The molecule has 3 atom stereocenters. The summed E-state index contributed by atoms with van der Waals surface area (Å²) in [5.74, 6) is 0.276. The molecule has 0 unspecified atom stereocenters. The Balaban J connectivity index is 2.09. The SMILES string of the molecule is CS[C@@H]1C[C@@H]2C[C@H]1OC2=O. The van der Waals surface area contributed by atoms with Gasteiger partial charge in [-0.3, -0.25) is 4.79 Å². The lowest BCUT2D eigenvalue weighted by Gasteiger charge is -2.18. The van der Waals surface area contributed by atoms with E-state index in [1.807, 2.05) is 11.8 Å². The van der Waals surface area contributed by atoms with Crippen LogP contribution in [-0.2, 0) is 9.53 Å². The number of hydrogen-bond donors (Lipinski definition) is 0. The number of carbonyl (C=O) groups excluding carboxylic acids is 1. The van der Waals surface area contributed by atoms with Gasteiger partial charge in [-0.15, -0.1) is 0 Å². The lowest BCUT2D eigenvalue weighted by Crippen LogP contribution is -2.25. The molecule has 0 aromatic heterocycles. The molecular weight excluding hydrogens is 148 g/mol. The maximum atomic E-state index is 10.9. The van der Waals surface area contributed by atoms with Crippen LogP contribution in [0.2, 0.25) is 0 Å². The summed E-state index contributed by atoms with van der Waals surface area (Å²) < 4.78 is 5.10. The third-order valence-electron chi connectivity index (χ3n) is 2.35. The number of hydrogen-bond acceptors (Lipinski definition) is 3. The predicted octanol–water partition coefficient (Wildman–Crippen LogP) is 1.05. The van der Waals surface area contributed by atoms with Crippen molar-refractivity contribution < 1.29 is 9.53 Å². The molecule has 0 N–H and O–H groups in total. The van der Waals surface area contributed by atoms with E-state index in [4.69, 9.17) is 4.74 Å². The fraction of sp³-hybridized carbons (Fsp3) is 0.857. The van der Waals surface area contributed by atoms with Gasteiger partial charge in [0.15, 0.2) is 0 Å². The third kappa shape index (κ3) is 0.764. The van der Waals surface area contributed by atoms with Crippen LogP contribution in [0.3, 0.4) is 0 Å². The first-order valence-corrected chi connectivity index (χ1v) is 4.83. The molecule has 1 aliphatic carbocycles. The van der Waals surface area contributed by atoms with Crippen LogP contribution in [0.1, 0.15) is 12.8 Å². The molecule has 3 heteroatoms. The Morgan fingerprint density at radius 3 is 2.80 bits per heavy atom. The molecule has 1 heterocycles. The van der Waals surface area contributed by atoms with Gasteiger partial charge in [-0.05, 0) is 19.1 Å². The molecule has 1 aliphatic heterocycles. The van der Waals surface area contributed by atoms with E-state index in [0.717, 1.165) is 12.8 Å². The van der Waals surface area contributed by atoms with Gasteiger partial charge in [-0.25, -0.2) is 0 Å². The van der Waals surface area contributed by atoms with Crippen LogP contribution in [0, 0.1) is 5.92 Å². The summed E-state index contributed by atoms with van der Waals surface area (Å²) in [6.07, 6.45) is 4.35. The summed E-state index contributed by atoms with van der Waals surface area (Å²) in [5, 5.41) is 0.586. The summed E-state index contributed by atoms with van der Waals surface area (Å²) in [7, 11) is 0. The van der Waals surface area contributed by atoms with Crippen LogP contribution in [0.5, 0.6) is 0 Å². The summed E-state index contributed by atoms with van der Waals surface area (Å²) in [5.41, 5.74) is 0. The van der Waals surface area contributed by atoms with Gasteiger partial charge in [-0.2, -0.15) is 11.8 Å². The van der Waals surface area contributed by atoms with Crippen molar-refractivity contribution in [3.63, 3.8) is 0 Å². The van der Waals surface area contributed by atoms with Crippen molar-refractivity contribution in [1.82, 2.24) is 0 Å². The van der Waals surface area contributed by atoms with Crippen molar-refractivity contribution in [3.05, 3.63) is 0 Å². The molecule has 2 fully saturated rings. The maximum absolute atomic E-state index is 10.9. The minimum absolute atomic E-state index is 0.0373. The number of fused-ring (bicyclic) bond motifs is 2. The summed E-state index contributed by atoms with van der Waals surface area (Å²) in [4.78, 5) is 10.9. The van der Waals surface area contributed by atoms with Crippen LogP contribution in [-0.4, -0.2) is 23.6 Å². The van der Waals surface area contributed by atoms with E-state index in [1.54, 1.807) is 0 Å². The van der Waals surface area contributed by atoms with E-state index in [2.05, 4.69) is 6.26 Å². The topological polar surface area (TPSA) is 26.3 Å². The van der Waals surface area contributed by atoms with Crippen molar-refractivity contribution in [1.29, 1.82) is 0 Å². The molecular formula is C7H10O2S. The first-order valence-electron chi connectivity index (χ1n) is 3.54. The van der Waals surface area contributed by atoms with Crippen LogP contribution < -0.4 is 0 Å². The molecule has 0 aromatic carbocycles. The van der Waals surface area contributed by atoms with E-state index in [1.165, 1.54) is 0 Å². The van der Waals surface area contributed by atoms with Crippen molar-refractivity contribution in [3.8, 4) is 0 Å². The first kappa shape index (κ1) is 6.53. The van der Waals surface area contributed by atoms with Gasteiger partial charge in [-0.1, -0.05) is 0 Å². The second-order valence-electron chi connectivity index (χ2n) is 2.92. The molecule has 2 bridgehead atoms. The lowest BCUT2D eigenvalue weighted by atomic mass is 10.1. The Kier molecular flexibility index (Phi) is 1.41. The fourth-order valence-corrected chi connectivity index (χ4v) is 2.67. The zero-order valence-corrected chi connectivity index (χ0v) is 6.69. The van der Waals surface area contributed by atoms with Gasteiger partial charge in [0.05, 0.1) is 5.92 Å². The number of carbonyl (C=O) groups is 1. The standard InChI is InChI=1S/C7H10O2S/c1-10-6-3-4-2-5(6)9-7(4)8/h4-6H,2-3H2,1H3/t4-,5+,6+/m0/s1.